The molecule has 0 saturated heterocycles. The molecule has 2 rings (SSSR count). The van der Waals surface area contributed by atoms with Crippen molar-refractivity contribution in [3.05, 3.63) is 46.7 Å². The number of thiophene rings is 1. The van der Waals surface area contributed by atoms with Gasteiger partial charge in [0, 0.05) is 30.7 Å². The Hall–Kier alpha value is -1.37. The number of nitrogens with one attached hydrogen (secondary N) is 1. The zero-order valence-corrected chi connectivity index (χ0v) is 13.2. The lowest BCUT2D eigenvalue weighted by Crippen LogP contribution is -2.30. The van der Waals surface area contributed by atoms with Crippen LogP contribution >= 0.6 is 11.3 Å². The number of hydrogen-bond donors (Lipinski definition) is 1. The fourth-order valence-corrected chi connectivity index (χ4v) is 4.11. The number of sulfonamides is 1. The molecular formula is C14H18N2O2S2. The molecule has 0 unspecified atom stereocenters. The van der Waals surface area contributed by atoms with Gasteiger partial charge in [0.2, 0.25) is 10.0 Å². The average Bonchev–Trinajstić information content (AvgIpc) is 2.97. The van der Waals surface area contributed by atoms with Gasteiger partial charge in [-0.25, -0.2) is 8.42 Å². The Balaban J connectivity index is 2.26. The third kappa shape index (κ3) is 3.20. The summed E-state index contributed by atoms with van der Waals surface area (Å²) < 4.78 is 26.7. The molecule has 108 valence electrons. The molecule has 0 spiro atoms. The van der Waals surface area contributed by atoms with Gasteiger partial charge in [-0.3, -0.25) is 0 Å². The second kappa shape index (κ2) is 6.39. The summed E-state index contributed by atoms with van der Waals surface area (Å²) in [5.74, 6) is 0. The summed E-state index contributed by atoms with van der Waals surface area (Å²) in [7, 11) is -1.64. The molecule has 0 aliphatic carbocycles. The molecule has 0 atom stereocenters. The van der Waals surface area contributed by atoms with Crippen LogP contribution in [0, 0.1) is 0 Å². The van der Waals surface area contributed by atoms with Crippen molar-refractivity contribution in [1.82, 2.24) is 4.31 Å². The van der Waals surface area contributed by atoms with Crippen molar-refractivity contribution in [3.8, 4) is 0 Å². The van der Waals surface area contributed by atoms with Crippen LogP contribution in [0.2, 0.25) is 0 Å². The second-order valence-corrected chi connectivity index (χ2v) is 7.26. The molecule has 0 aliphatic rings. The lowest BCUT2D eigenvalue weighted by Gasteiger charge is -2.20. The van der Waals surface area contributed by atoms with Crippen LogP contribution in [0.1, 0.15) is 11.8 Å². The van der Waals surface area contributed by atoms with Crippen LogP contribution in [-0.2, 0) is 16.6 Å². The van der Waals surface area contributed by atoms with E-state index in [1.54, 1.807) is 42.6 Å². The van der Waals surface area contributed by atoms with Crippen molar-refractivity contribution >= 4 is 27.0 Å². The smallest absolute Gasteiger partial charge is 0.243 e. The molecule has 0 radical (unpaired) electrons. The summed E-state index contributed by atoms with van der Waals surface area (Å²) in [5, 5.41) is 4.93. The Morgan fingerprint density at radius 3 is 2.40 bits per heavy atom. The van der Waals surface area contributed by atoms with Gasteiger partial charge in [-0.05, 0) is 35.7 Å². The predicted molar refractivity (Wildman–Crippen MR) is 83.6 cm³/mol. The molecule has 0 fully saturated rings. The van der Waals surface area contributed by atoms with E-state index in [0.29, 0.717) is 18.0 Å². The lowest BCUT2D eigenvalue weighted by molar-refractivity contribution is 0.426. The van der Waals surface area contributed by atoms with Crippen molar-refractivity contribution in [2.24, 2.45) is 0 Å². The number of hydrogen-bond acceptors (Lipinski definition) is 4. The third-order valence-electron chi connectivity index (χ3n) is 3.05. The normalized spacial score (nSPS) is 11.8. The highest BCUT2D eigenvalue weighted by Crippen LogP contribution is 2.21. The van der Waals surface area contributed by atoms with E-state index in [2.05, 4.69) is 5.32 Å². The summed E-state index contributed by atoms with van der Waals surface area (Å²) >= 11 is 1.57. The maximum Gasteiger partial charge on any atom is 0.243 e. The van der Waals surface area contributed by atoms with Crippen molar-refractivity contribution in [1.29, 1.82) is 0 Å². The largest absolute Gasteiger partial charge is 0.388 e. The summed E-state index contributed by atoms with van der Waals surface area (Å²) in [6.45, 7) is 2.73. The monoisotopic (exact) mass is 310 g/mol. The SMILES string of the molecule is CCN(Cc1cccs1)S(=O)(=O)c1ccc(NC)cc1. The van der Waals surface area contributed by atoms with E-state index in [1.807, 2.05) is 24.4 Å². The van der Waals surface area contributed by atoms with Gasteiger partial charge in [0.15, 0.2) is 0 Å². The molecular weight excluding hydrogens is 292 g/mol. The first-order chi connectivity index (χ1) is 9.57. The first kappa shape index (κ1) is 15.0. The number of benzene rings is 1. The second-order valence-electron chi connectivity index (χ2n) is 4.28. The molecule has 0 amide bonds. The average molecular weight is 310 g/mol. The number of nitrogens with zero attached hydrogens (tertiary/aromatic N) is 1. The highest BCUT2D eigenvalue weighted by atomic mass is 32.2. The molecule has 1 aromatic carbocycles. The summed E-state index contributed by atoms with van der Waals surface area (Å²) in [4.78, 5) is 1.37. The lowest BCUT2D eigenvalue weighted by atomic mass is 10.3. The molecule has 1 aromatic heterocycles. The maximum atomic E-state index is 12.6. The van der Waals surface area contributed by atoms with Crippen LogP contribution in [0.5, 0.6) is 0 Å². The van der Waals surface area contributed by atoms with Gasteiger partial charge in [-0.15, -0.1) is 11.3 Å². The molecule has 0 bridgehead atoms. The first-order valence-electron chi connectivity index (χ1n) is 6.38. The molecule has 20 heavy (non-hydrogen) atoms. The zero-order chi connectivity index (χ0) is 14.6. The quantitative estimate of drug-likeness (QED) is 0.892. The topological polar surface area (TPSA) is 49.4 Å². The summed E-state index contributed by atoms with van der Waals surface area (Å²) in [6.07, 6.45) is 0. The molecule has 6 heteroatoms. The third-order valence-corrected chi connectivity index (χ3v) is 5.84. The van der Waals surface area contributed by atoms with Crippen LogP contribution in [0.3, 0.4) is 0 Å². The van der Waals surface area contributed by atoms with Gasteiger partial charge >= 0.3 is 0 Å². The van der Waals surface area contributed by atoms with Crippen LogP contribution in [0.25, 0.3) is 0 Å². The van der Waals surface area contributed by atoms with Gasteiger partial charge in [-0.2, -0.15) is 4.31 Å². The highest BCUT2D eigenvalue weighted by molar-refractivity contribution is 7.89. The van der Waals surface area contributed by atoms with Gasteiger partial charge in [0.1, 0.15) is 0 Å². The van der Waals surface area contributed by atoms with Crippen molar-refractivity contribution < 1.29 is 8.42 Å². The van der Waals surface area contributed by atoms with E-state index in [-0.39, 0.29) is 0 Å². The van der Waals surface area contributed by atoms with E-state index >= 15 is 0 Å². The Labute approximate surface area is 124 Å². The van der Waals surface area contributed by atoms with Gasteiger partial charge in [0.25, 0.3) is 0 Å². The molecule has 1 N–H and O–H groups in total. The molecule has 2 aromatic rings. The summed E-state index contributed by atoms with van der Waals surface area (Å²) in [6, 6.07) is 10.7. The number of rotatable bonds is 6. The highest BCUT2D eigenvalue weighted by Gasteiger charge is 2.23. The standard InChI is InChI=1S/C14H18N2O2S2/c1-3-16(11-13-5-4-10-19-13)20(17,18)14-8-6-12(15-2)7-9-14/h4-10,15H,3,11H2,1-2H3. The fourth-order valence-electron chi connectivity index (χ4n) is 1.89. The van der Waals surface area contributed by atoms with E-state index in [9.17, 15) is 8.42 Å². The Bertz CT molecular complexity index is 634. The summed E-state index contributed by atoms with van der Waals surface area (Å²) in [5.41, 5.74) is 0.894. The van der Waals surface area contributed by atoms with Crippen LogP contribution in [-0.4, -0.2) is 26.3 Å². The Morgan fingerprint density at radius 1 is 1.20 bits per heavy atom. The predicted octanol–water partition coefficient (Wildman–Crippen LogP) is 3.00. The van der Waals surface area contributed by atoms with E-state index in [0.717, 1.165) is 10.6 Å². The van der Waals surface area contributed by atoms with Gasteiger partial charge < -0.3 is 5.32 Å². The molecule has 1 heterocycles. The van der Waals surface area contributed by atoms with Crippen molar-refractivity contribution in [2.75, 3.05) is 18.9 Å². The Kier molecular flexibility index (Phi) is 4.80. The minimum absolute atomic E-state index is 0.329. The molecule has 0 aliphatic heterocycles. The van der Waals surface area contributed by atoms with Crippen LogP contribution in [0.15, 0.2) is 46.7 Å². The van der Waals surface area contributed by atoms with Crippen molar-refractivity contribution in [3.63, 3.8) is 0 Å². The van der Waals surface area contributed by atoms with Crippen molar-refractivity contribution in [2.45, 2.75) is 18.4 Å². The van der Waals surface area contributed by atoms with Crippen LogP contribution in [0.4, 0.5) is 5.69 Å². The van der Waals surface area contributed by atoms with E-state index in [1.165, 1.54) is 4.31 Å². The Morgan fingerprint density at radius 2 is 1.90 bits per heavy atom. The fraction of sp³-hybridized carbons (Fsp3) is 0.286. The van der Waals surface area contributed by atoms with Gasteiger partial charge in [-0.1, -0.05) is 13.0 Å². The van der Waals surface area contributed by atoms with Crippen LogP contribution < -0.4 is 5.32 Å². The molecule has 4 nitrogen and oxygen atoms in total. The molecule has 0 saturated carbocycles. The minimum Gasteiger partial charge on any atom is -0.388 e. The maximum absolute atomic E-state index is 12.6. The minimum atomic E-state index is -3.44. The van der Waals surface area contributed by atoms with E-state index in [4.69, 9.17) is 0 Å². The van der Waals surface area contributed by atoms with Gasteiger partial charge in [0.05, 0.1) is 4.90 Å². The van der Waals surface area contributed by atoms with E-state index < -0.39 is 10.0 Å². The first-order valence-corrected chi connectivity index (χ1v) is 8.70. The zero-order valence-electron chi connectivity index (χ0n) is 11.5. The number of anilines is 1.